The molecule has 0 spiro atoms. The number of nitrogens with zero attached hydrogens (tertiary/aromatic N) is 3. The maximum atomic E-state index is 9.10. The number of anilines is 1. The largest absolute Gasteiger partial charge is 0.407 e. The van der Waals surface area contributed by atoms with Crippen molar-refractivity contribution >= 4 is 6.01 Å². The van der Waals surface area contributed by atoms with Gasteiger partial charge in [0.1, 0.15) is 0 Å². The Morgan fingerprint density at radius 2 is 2.11 bits per heavy atom. The zero-order valence-corrected chi connectivity index (χ0v) is 11.1. The van der Waals surface area contributed by atoms with Gasteiger partial charge in [0.25, 0.3) is 0 Å². The Kier molecular flexibility index (Phi) is 4.54. The molecular weight excluding hydrogens is 232 g/mol. The highest BCUT2D eigenvalue weighted by molar-refractivity contribution is 5.24. The second-order valence-corrected chi connectivity index (χ2v) is 5.13. The average Bonchev–Trinajstić information content (AvgIpc) is 2.85. The van der Waals surface area contributed by atoms with E-state index in [0.29, 0.717) is 30.4 Å². The molecule has 2 rings (SSSR count). The SMILES string of the molecule is CC(C)NCc1nnc(N2CCC(CO)CC2)o1. The number of nitrogens with one attached hydrogen (secondary N) is 1. The lowest BCUT2D eigenvalue weighted by Crippen LogP contribution is -2.34. The van der Waals surface area contributed by atoms with Crippen molar-refractivity contribution in [3.8, 4) is 0 Å². The maximum absolute atomic E-state index is 9.10. The van der Waals surface area contributed by atoms with Crippen LogP contribution in [0.1, 0.15) is 32.6 Å². The molecule has 2 heterocycles. The van der Waals surface area contributed by atoms with Crippen LogP contribution in [0.3, 0.4) is 0 Å². The molecule has 6 heteroatoms. The van der Waals surface area contributed by atoms with Gasteiger partial charge < -0.3 is 19.7 Å². The summed E-state index contributed by atoms with van der Waals surface area (Å²) in [6.45, 7) is 6.81. The molecule has 1 aromatic rings. The predicted octanol–water partition coefficient (Wildman–Crippen LogP) is 0.776. The molecule has 102 valence electrons. The molecule has 0 radical (unpaired) electrons. The molecule has 1 aliphatic rings. The van der Waals surface area contributed by atoms with E-state index in [1.807, 2.05) is 0 Å². The summed E-state index contributed by atoms with van der Waals surface area (Å²) in [5.41, 5.74) is 0. The van der Waals surface area contributed by atoms with E-state index in [1.165, 1.54) is 0 Å². The van der Waals surface area contributed by atoms with E-state index >= 15 is 0 Å². The molecule has 18 heavy (non-hydrogen) atoms. The van der Waals surface area contributed by atoms with Crippen molar-refractivity contribution in [2.24, 2.45) is 5.92 Å². The lowest BCUT2D eigenvalue weighted by molar-refractivity contribution is 0.201. The van der Waals surface area contributed by atoms with Crippen LogP contribution in [0.5, 0.6) is 0 Å². The van der Waals surface area contributed by atoms with Crippen molar-refractivity contribution in [1.82, 2.24) is 15.5 Å². The summed E-state index contributed by atoms with van der Waals surface area (Å²) < 4.78 is 5.62. The van der Waals surface area contributed by atoms with Crippen LogP contribution in [-0.4, -0.2) is 41.0 Å². The normalized spacial score (nSPS) is 17.7. The topological polar surface area (TPSA) is 74.4 Å². The Hall–Kier alpha value is -1.14. The number of aliphatic hydroxyl groups excluding tert-OH is 1. The van der Waals surface area contributed by atoms with Gasteiger partial charge >= 0.3 is 6.01 Å². The molecule has 0 unspecified atom stereocenters. The van der Waals surface area contributed by atoms with Crippen molar-refractivity contribution in [1.29, 1.82) is 0 Å². The van der Waals surface area contributed by atoms with E-state index in [4.69, 9.17) is 9.52 Å². The molecule has 1 fully saturated rings. The van der Waals surface area contributed by atoms with Crippen LogP contribution in [0.25, 0.3) is 0 Å². The van der Waals surface area contributed by atoms with E-state index in [0.717, 1.165) is 25.9 Å². The molecule has 1 saturated heterocycles. The van der Waals surface area contributed by atoms with Crippen LogP contribution in [-0.2, 0) is 6.54 Å². The third kappa shape index (κ3) is 3.43. The Balaban J connectivity index is 1.86. The summed E-state index contributed by atoms with van der Waals surface area (Å²) in [6, 6.07) is 1.01. The van der Waals surface area contributed by atoms with Crippen LogP contribution >= 0.6 is 0 Å². The molecule has 0 bridgehead atoms. The number of rotatable bonds is 5. The van der Waals surface area contributed by atoms with Gasteiger partial charge in [-0.1, -0.05) is 18.9 Å². The number of aromatic nitrogens is 2. The molecular formula is C12H22N4O2. The Morgan fingerprint density at radius 1 is 1.39 bits per heavy atom. The first kappa shape index (κ1) is 13.3. The molecule has 6 nitrogen and oxygen atoms in total. The first-order chi connectivity index (χ1) is 8.69. The minimum absolute atomic E-state index is 0.279. The van der Waals surface area contributed by atoms with Gasteiger partial charge in [0.05, 0.1) is 6.54 Å². The molecule has 2 N–H and O–H groups in total. The van der Waals surface area contributed by atoms with Gasteiger partial charge in [-0.05, 0) is 18.8 Å². The summed E-state index contributed by atoms with van der Waals surface area (Å²) in [5, 5.41) is 20.4. The molecule has 0 saturated carbocycles. The van der Waals surface area contributed by atoms with Crippen molar-refractivity contribution in [2.75, 3.05) is 24.6 Å². The molecule has 1 aromatic heterocycles. The van der Waals surface area contributed by atoms with Crippen molar-refractivity contribution in [3.05, 3.63) is 5.89 Å². The minimum Gasteiger partial charge on any atom is -0.407 e. The Bertz CT molecular complexity index is 359. The zero-order chi connectivity index (χ0) is 13.0. The summed E-state index contributed by atoms with van der Waals surface area (Å²) in [6.07, 6.45) is 1.97. The number of aliphatic hydroxyl groups is 1. The number of hydrogen-bond donors (Lipinski definition) is 2. The van der Waals surface area contributed by atoms with Gasteiger partial charge in [0.15, 0.2) is 0 Å². The lowest BCUT2D eigenvalue weighted by Gasteiger charge is -2.29. The first-order valence-corrected chi connectivity index (χ1v) is 6.60. The Labute approximate surface area is 107 Å². The standard InChI is InChI=1S/C12H22N4O2/c1-9(2)13-7-11-14-15-12(18-11)16-5-3-10(8-17)4-6-16/h9-10,13,17H,3-8H2,1-2H3. The van der Waals surface area contributed by atoms with Gasteiger partial charge in [0.2, 0.25) is 5.89 Å². The third-order valence-electron chi connectivity index (χ3n) is 3.26. The fourth-order valence-electron chi connectivity index (χ4n) is 2.04. The average molecular weight is 254 g/mol. The summed E-state index contributed by atoms with van der Waals surface area (Å²) >= 11 is 0. The smallest absolute Gasteiger partial charge is 0.318 e. The van der Waals surface area contributed by atoms with Crippen molar-refractivity contribution in [3.63, 3.8) is 0 Å². The van der Waals surface area contributed by atoms with Crippen molar-refractivity contribution in [2.45, 2.75) is 39.3 Å². The van der Waals surface area contributed by atoms with E-state index < -0.39 is 0 Å². The van der Waals surface area contributed by atoms with Crippen LogP contribution < -0.4 is 10.2 Å². The van der Waals surface area contributed by atoms with Gasteiger partial charge in [-0.2, -0.15) is 0 Å². The molecule has 0 aromatic carbocycles. The molecule has 1 aliphatic heterocycles. The molecule has 0 amide bonds. The number of hydrogen-bond acceptors (Lipinski definition) is 6. The molecule has 0 aliphatic carbocycles. The summed E-state index contributed by atoms with van der Waals surface area (Å²) in [7, 11) is 0. The monoisotopic (exact) mass is 254 g/mol. The Morgan fingerprint density at radius 3 is 2.72 bits per heavy atom. The lowest BCUT2D eigenvalue weighted by atomic mass is 9.98. The fourth-order valence-corrected chi connectivity index (χ4v) is 2.04. The molecule has 0 atom stereocenters. The number of piperidine rings is 1. The third-order valence-corrected chi connectivity index (χ3v) is 3.26. The van der Waals surface area contributed by atoms with E-state index in [2.05, 4.69) is 34.3 Å². The quantitative estimate of drug-likeness (QED) is 0.808. The van der Waals surface area contributed by atoms with Crippen LogP contribution in [0.4, 0.5) is 6.01 Å². The second kappa shape index (κ2) is 6.15. The highest BCUT2D eigenvalue weighted by Crippen LogP contribution is 2.21. The van der Waals surface area contributed by atoms with E-state index in [1.54, 1.807) is 0 Å². The highest BCUT2D eigenvalue weighted by Gasteiger charge is 2.22. The zero-order valence-electron chi connectivity index (χ0n) is 11.1. The maximum Gasteiger partial charge on any atom is 0.318 e. The second-order valence-electron chi connectivity index (χ2n) is 5.13. The van der Waals surface area contributed by atoms with Crippen molar-refractivity contribution < 1.29 is 9.52 Å². The summed E-state index contributed by atoms with van der Waals surface area (Å²) in [5.74, 6) is 1.05. The van der Waals surface area contributed by atoms with Gasteiger partial charge in [-0.3, -0.25) is 0 Å². The predicted molar refractivity (Wildman–Crippen MR) is 68.3 cm³/mol. The van der Waals surface area contributed by atoms with Crippen LogP contribution in [0.2, 0.25) is 0 Å². The van der Waals surface area contributed by atoms with Gasteiger partial charge in [0, 0.05) is 25.7 Å². The van der Waals surface area contributed by atoms with E-state index in [-0.39, 0.29) is 6.61 Å². The highest BCUT2D eigenvalue weighted by atomic mass is 16.4. The van der Waals surface area contributed by atoms with Crippen LogP contribution in [0, 0.1) is 5.92 Å². The van der Waals surface area contributed by atoms with Crippen LogP contribution in [0.15, 0.2) is 4.42 Å². The first-order valence-electron chi connectivity index (χ1n) is 6.60. The minimum atomic E-state index is 0.279. The summed E-state index contributed by atoms with van der Waals surface area (Å²) in [4.78, 5) is 2.10. The van der Waals surface area contributed by atoms with Gasteiger partial charge in [-0.15, -0.1) is 5.10 Å². The van der Waals surface area contributed by atoms with Gasteiger partial charge in [-0.25, -0.2) is 0 Å². The van der Waals surface area contributed by atoms with E-state index in [9.17, 15) is 0 Å². The fraction of sp³-hybridized carbons (Fsp3) is 0.833.